The summed E-state index contributed by atoms with van der Waals surface area (Å²) in [4.78, 5) is 0. The minimum absolute atomic E-state index is 0.216. The zero-order chi connectivity index (χ0) is 18.0. The molecule has 0 N–H and O–H groups in total. The molecule has 0 aromatic heterocycles. The van der Waals surface area contributed by atoms with Crippen molar-refractivity contribution < 1.29 is 13.2 Å². The van der Waals surface area contributed by atoms with Gasteiger partial charge in [0.05, 0.1) is 5.56 Å². The van der Waals surface area contributed by atoms with Gasteiger partial charge in [-0.3, -0.25) is 0 Å². The first-order chi connectivity index (χ1) is 11.9. The molecule has 0 aliphatic heterocycles. The molecule has 0 bridgehead atoms. The summed E-state index contributed by atoms with van der Waals surface area (Å²) in [5, 5.41) is 0. The maximum Gasteiger partial charge on any atom is 0.417 e. The van der Waals surface area contributed by atoms with E-state index in [-0.39, 0.29) is 5.56 Å². The number of hydrogen-bond donors (Lipinski definition) is 0. The Bertz CT molecular complexity index is 857. The fourth-order valence-electron chi connectivity index (χ4n) is 2.88. The summed E-state index contributed by atoms with van der Waals surface area (Å²) in [7, 11) is 0. The van der Waals surface area contributed by atoms with Gasteiger partial charge in [0.1, 0.15) is 0 Å². The minimum atomic E-state index is -4.38. The van der Waals surface area contributed by atoms with E-state index < -0.39 is 11.7 Å². The first-order valence-corrected chi connectivity index (χ1v) is 8.26. The van der Waals surface area contributed by atoms with Crippen LogP contribution in [0.2, 0.25) is 0 Å². The van der Waals surface area contributed by atoms with Gasteiger partial charge in [0.15, 0.2) is 0 Å². The molecule has 0 aliphatic rings. The van der Waals surface area contributed by atoms with E-state index in [9.17, 15) is 13.2 Å². The highest BCUT2D eigenvalue weighted by Gasteiger charge is 2.33. The molecule has 3 aromatic rings. The van der Waals surface area contributed by atoms with Crippen molar-refractivity contribution in [3.63, 3.8) is 0 Å². The SMILES string of the molecule is CCc1ccc(-c2cc(-c3ccc(C)cc3)ccc2C(F)(F)F)cc1. The predicted octanol–water partition coefficient (Wildman–Crippen LogP) is 6.91. The fourth-order valence-corrected chi connectivity index (χ4v) is 2.88. The van der Waals surface area contributed by atoms with E-state index in [2.05, 4.69) is 0 Å². The highest BCUT2D eigenvalue weighted by Crippen LogP contribution is 2.39. The molecular formula is C22H19F3. The van der Waals surface area contributed by atoms with Gasteiger partial charge >= 0.3 is 6.18 Å². The number of halogens is 3. The molecule has 3 aromatic carbocycles. The molecule has 0 saturated heterocycles. The lowest BCUT2D eigenvalue weighted by Gasteiger charge is -2.15. The second kappa shape index (κ2) is 6.75. The van der Waals surface area contributed by atoms with Crippen LogP contribution < -0.4 is 0 Å². The number of rotatable bonds is 3. The first-order valence-electron chi connectivity index (χ1n) is 8.26. The summed E-state index contributed by atoms with van der Waals surface area (Å²) >= 11 is 0. The molecule has 0 heterocycles. The van der Waals surface area contributed by atoms with Crippen LogP contribution in [0.5, 0.6) is 0 Å². The molecule has 3 heteroatoms. The Morgan fingerprint density at radius 1 is 0.720 bits per heavy atom. The van der Waals surface area contributed by atoms with Crippen LogP contribution in [0.1, 0.15) is 23.6 Å². The molecule has 0 aliphatic carbocycles. The van der Waals surface area contributed by atoms with Gasteiger partial charge in [0, 0.05) is 0 Å². The van der Waals surface area contributed by atoms with Crippen molar-refractivity contribution >= 4 is 0 Å². The third-order valence-electron chi connectivity index (χ3n) is 4.38. The van der Waals surface area contributed by atoms with Crippen LogP contribution in [0.15, 0.2) is 66.7 Å². The maximum absolute atomic E-state index is 13.5. The van der Waals surface area contributed by atoms with Crippen molar-refractivity contribution in [1.82, 2.24) is 0 Å². The Balaban J connectivity index is 2.14. The van der Waals surface area contributed by atoms with Crippen LogP contribution in [0.4, 0.5) is 13.2 Å². The van der Waals surface area contributed by atoms with Crippen LogP contribution in [0.25, 0.3) is 22.3 Å². The molecule has 128 valence electrons. The van der Waals surface area contributed by atoms with Gasteiger partial charge in [0.2, 0.25) is 0 Å². The van der Waals surface area contributed by atoms with Crippen LogP contribution in [-0.2, 0) is 12.6 Å². The van der Waals surface area contributed by atoms with Gasteiger partial charge < -0.3 is 0 Å². The van der Waals surface area contributed by atoms with Crippen molar-refractivity contribution in [3.05, 3.63) is 83.4 Å². The molecule has 3 rings (SSSR count). The minimum Gasteiger partial charge on any atom is -0.166 e. The molecule has 0 atom stereocenters. The zero-order valence-electron chi connectivity index (χ0n) is 14.2. The van der Waals surface area contributed by atoms with Crippen LogP contribution in [0.3, 0.4) is 0 Å². The third kappa shape index (κ3) is 3.76. The molecule has 25 heavy (non-hydrogen) atoms. The maximum atomic E-state index is 13.5. The van der Waals surface area contributed by atoms with Crippen molar-refractivity contribution in [2.24, 2.45) is 0 Å². The Labute approximate surface area is 146 Å². The van der Waals surface area contributed by atoms with Crippen molar-refractivity contribution in [3.8, 4) is 22.3 Å². The topological polar surface area (TPSA) is 0 Å². The van der Waals surface area contributed by atoms with E-state index >= 15 is 0 Å². The van der Waals surface area contributed by atoms with E-state index in [1.807, 2.05) is 50.2 Å². The van der Waals surface area contributed by atoms with Crippen LogP contribution in [-0.4, -0.2) is 0 Å². The lowest BCUT2D eigenvalue weighted by Crippen LogP contribution is -2.07. The van der Waals surface area contributed by atoms with E-state index in [1.165, 1.54) is 12.1 Å². The van der Waals surface area contributed by atoms with Gasteiger partial charge in [-0.1, -0.05) is 67.1 Å². The smallest absolute Gasteiger partial charge is 0.166 e. The van der Waals surface area contributed by atoms with Gasteiger partial charge in [0.25, 0.3) is 0 Å². The summed E-state index contributed by atoms with van der Waals surface area (Å²) in [5.74, 6) is 0. The number of benzene rings is 3. The average Bonchev–Trinajstić information content (AvgIpc) is 2.61. The standard InChI is InChI=1S/C22H19F3/c1-3-16-6-10-18(11-7-16)20-14-19(12-13-21(20)22(23,24)25)17-8-4-15(2)5-9-17/h4-14H,3H2,1-2H3. The Hall–Kier alpha value is -2.55. The van der Waals surface area contributed by atoms with Gasteiger partial charge in [-0.25, -0.2) is 0 Å². The normalized spacial score (nSPS) is 11.6. The highest BCUT2D eigenvalue weighted by molar-refractivity contribution is 5.76. The Morgan fingerprint density at radius 2 is 1.28 bits per heavy atom. The second-order valence-corrected chi connectivity index (χ2v) is 6.17. The summed E-state index contributed by atoms with van der Waals surface area (Å²) in [6.07, 6.45) is -3.53. The van der Waals surface area contributed by atoms with Crippen LogP contribution in [0, 0.1) is 6.92 Å². The largest absolute Gasteiger partial charge is 0.417 e. The lowest BCUT2D eigenvalue weighted by atomic mass is 9.93. The second-order valence-electron chi connectivity index (χ2n) is 6.17. The molecule has 0 unspecified atom stereocenters. The van der Waals surface area contributed by atoms with Crippen molar-refractivity contribution in [1.29, 1.82) is 0 Å². The first kappa shape index (κ1) is 17.3. The summed E-state index contributed by atoms with van der Waals surface area (Å²) in [5.41, 5.74) is 4.10. The highest BCUT2D eigenvalue weighted by atomic mass is 19.4. The predicted molar refractivity (Wildman–Crippen MR) is 96.4 cm³/mol. The summed E-state index contributed by atoms with van der Waals surface area (Å²) in [6, 6.07) is 19.4. The fraction of sp³-hybridized carbons (Fsp3) is 0.182. The molecular weight excluding hydrogens is 321 g/mol. The number of aryl methyl sites for hydroxylation is 2. The van der Waals surface area contributed by atoms with Crippen molar-refractivity contribution in [2.75, 3.05) is 0 Å². The molecule has 0 radical (unpaired) electrons. The quantitative estimate of drug-likeness (QED) is 0.486. The van der Waals surface area contributed by atoms with E-state index in [1.54, 1.807) is 18.2 Å². The number of hydrogen-bond acceptors (Lipinski definition) is 0. The lowest BCUT2D eigenvalue weighted by molar-refractivity contribution is -0.137. The summed E-state index contributed by atoms with van der Waals surface area (Å²) < 4.78 is 40.4. The third-order valence-corrected chi connectivity index (χ3v) is 4.38. The van der Waals surface area contributed by atoms with E-state index in [4.69, 9.17) is 0 Å². The van der Waals surface area contributed by atoms with Gasteiger partial charge in [-0.15, -0.1) is 0 Å². The van der Waals surface area contributed by atoms with E-state index in [0.29, 0.717) is 5.56 Å². The Kier molecular flexibility index (Phi) is 4.67. The van der Waals surface area contributed by atoms with Gasteiger partial charge in [-0.05, 0) is 53.3 Å². The van der Waals surface area contributed by atoms with Gasteiger partial charge in [-0.2, -0.15) is 13.2 Å². The molecule has 0 nitrogen and oxygen atoms in total. The Morgan fingerprint density at radius 3 is 1.84 bits per heavy atom. The average molecular weight is 340 g/mol. The molecule has 0 spiro atoms. The molecule has 0 amide bonds. The number of alkyl halides is 3. The zero-order valence-corrected chi connectivity index (χ0v) is 14.2. The van der Waals surface area contributed by atoms with E-state index in [0.717, 1.165) is 28.7 Å². The monoisotopic (exact) mass is 340 g/mol. The molecule has 0 saturated carbocycles. The molecule has 0 fully saturated rings. The van der Waals surface area contributed by atoms with Crippen LogP contribution >= 0.6 is 0 Å². The summed E-state index contributed by atoms with van der Waals surface area (Å²) in [6.45, 7) is 4.01. The van der Waals surface area contributed by atoms with Crippen molar-refractivity contribution in [2.45, 2.75) is 26.4 Å².